The summed E-state index contributed by atoms with van der Waals surface area (Å²) in [6.45, 7) is 0. The third-order valence-corrected chi connectivity index (χ3v) is 4.71. The van der Waals surface area contributed by atoms with Gasteiger partial charge >= 0.3 is 0 Å². The summed E-state index contributed by atoms with van der Waals surface area (Å²) in [5, 5.41) is 12.7. The number of imidazole rings is 1. The van der Waals surface area contributed by atoms with Gasteiger partial charge in [0, 0.05) is 12.4 Å². The summed E-state index contributed by atoms with van der Waals surface area (Å²) >= 11 is 0. The van der Waals surface area contributed by atoms with E-state index in [1.807, 2.05) is 12.1 Å². The highest BCUT2D eigenvalue weighted by Crippen LogP contribution is 2.38. The van der Waals surface area contributed by atoms with Crippen LogP contribution in [0.3, 0.4) is 0 Å². The van der Waals surface area contributed by atoms with Crippen LogP contribution < -0.4 is 10.1 Å². The Kier molecular flexibility index (Phi) is 4.26. The van der Waals surface area contributed by atoms with Gasteiger partial charge in [-0.3, -0.25) is 9.78 Å². The van der Waals surface area contributed by atoms with Crippen molar-refractivity contribution in [1.82, 2.24) is 25.3 Å². The molecule has 0 spiro atoms. The van der Waals surface area contributed by atoms with E-state index >= 15 is 0 Å². The molecule has 26 heavy (non-hydrogen) atoms. The number of carbonyl (C=O) groups is 1. The molecule has 0 radical (unpaired) electrons. The molecule has 8 nitrogen and oxygen atoms in total. The van der Waals surface area contributed by atoms with Crippen molar-refractivity contribution in [3.05, 3.63) is 48.2 Å². The van der Waals surface area contributed by atoms with Crippen molar-refractivity contribution in [2.45, 2.75) is 25.0 Å². The average molecular weight is 353 g/mol. The number of rotatable bonds is 5. The molecule has 134 valence electrons. The molecular weight excluding hydrogens is 334 g/mol. The van der Waals surface area contributed by atoms with Gasteiger partial charge in [0.15, 0.2) is 11.5 Å². The van der Waals surface area contributed by atoms with Crippen molar-refractivity contribution in [2.24, 2.45) is 5.92 Å². The van der Waals surface area contributed by atoms with Gasteiger partial charge in [0.1, 0.15) is 5.75 Å². The Morgan fingerprint density at radius 3 is 3.00 bits per heavy atom. The number of ether oxygens (including phenoxy) is 1. The number of aromatic amines is 1. The number of fused-ring (bicyclic) bond motifs is 1. The van der Waals surface area contributed by atoms with E-state index in [9.17, 15) is 9.90 Å². The molecule has 0 bridgehead atoms. The summed E-state index contributed by atoms with van der Waals surface area (Å²) in [7, 11) is 1.57. The van der Waals surface area contributed by atoms with Crippen LogP contribution in [0.4, 0.5) is 0 Å². The molecule has 0 aliphatic heterocycles. The van der Waals surface area contributed by atoms with Gasteiger partial charge in [-0.2, -0.15) is 0 Å². The van der Waals surface area contributed by atoms with Gasteiger partial charge < -0.3 is 20.1 Å². The first-order chi connectivity index (χ1) is 12.6. The maximum absolute atomic E-state index is 12.7. The number of carbonyl (C=O) groups excluding carboxylic acids is 1. The van der Waals surface area contributed by atoms with Crippen LogP contribution >= 0.6 is 0 Å². The van der Waals surface area contributed by atoms with Crippen LogP contribution in [0, 0.1) is 5.92 Å². The van der Waals surface area contributed by atoms with Crippen molar-refractivity contribution >= 4 is 17.1 Å². The van der Waals surface area contributed by atoms with Crippen LogP contribution in [0.1, 0.15) is 35.1 Å². The lowest BCUT2D eigenvalue weighted by atomic mass is 9.75. The molecule has 8 heteroatoms. The van der Waals surface area contributed by atoms with Crippen LogP contribution in [0.2, 0.25) is 0 Å². The molecule has 3 aromatic rings. The van der Waals surface area contributed by atoms with E-state index in [2.05, 4.69) is 25.3 Å². The number of amides is 1. The highest BCUT2D eigenvalue weighted by Gasteiger charge is 2.36. The normalized spacial score (nSPS) is 20.4. The summed E-state index contributed by atoms with van der Waals surface area (Å²) < 4.78 is 5.24. The SMILES string of the molecule is COc1cncc([C@@H](NC(=O)c2nc3ncccc3[nH]2)C2CC(O)C2)c1. The smallest absolute Gasteiger partial charge is 0.287 e. The van der Waals surface area contributed by atoms with E-state index in [1.54, 1.807) is 31.8 Å². The molecule has 1 fully saturated rings. The van der Waals surface area contributed by atoms with Crippen LogP contribution in [-0.4, -0.2) is 44.2 Å². The van der Waals surface area contributed by atoms with Gasteiger partial charge in [0.25, 0.3) is 5.91 Å². The second-order valence-corrected chi connectivity index (χ2v) is 6.45. The molecule has 0 aromatic carbocycles. The number of nitrogens with one attached hydrogen (secondary N) is 2. The molecule has 1 aliphatic carbocycles. The highest BCUT2D eigenvalue weighted by atomic mass is 16.5. The van der Waals surface area contributed by atoms with E-state index in [0.29, 0.717) is 29.8 Å². The molecular formula is C18H19N5O3. The minimum Gasteiger partial charge on any atom is -0.495 e. The van der Waals surface area contributed by atoms with Gasteiger partial charge in [-0.1, -0.05) is 0 Å². The number of methoxy groups -OCH3 is 1. The van der Waals surface area contributed by atoms with Crippen LogP contribution in [0.5, 0.6) is 5.75 Å². The Bertz CT molecular complexity index is 902. The molecule has 3 aromatic heterocycles. The third-order valence-electron chi connectivity index (χ3n) is 4.71. The fraction of sp³-hybridized carbons (Fsp3) is 0.333. The van der Waals surface area contributed by atoms with Crippen LogP contribution in [0.15, 0.2) is 36.8 Å². The number of H-pyrrole nitrogens is 1. The fourth-order valence-corrected chi connectivity index (χ4v) is 3.25. The average Bonchev–Trinajstić information content (AvgIpc) is 3.08. The zero-order valence-electron chi connectivity index (χ0n) is 14.2. The van der Waals surface area contributed by atoms with Gasteiger partial charge in [0.05, 0.1) is 31.0 Å². The van der Waals surface area contributed by atoms with Crippen molar-refractivity contribution in [3.63, 3.8) is 0 Å². The summed E-state index contributed by atoms with van der Waals surface area (Å²) in [5.74, 6) is 0.636. The van der Waals surface area contributed by atoms with Gasteiger partial charge in [-0.15, -0.1) is 0 Å². The minimum absolute atomic E-state index is 0.130. The van der Waals surface area contributed by atoms with Gasteiger partial charge in [-0.25, -0.2) is 9.97 Å². The zero-order chi connectivity index (χ0) is 18.1. The third kappa shape index (κ3) is 3.11. The second-order valence-electron chi connectivity index (χ2n) is 6.45. The Morgan fingerprint density at radius 1 is 1.42 bits per heavy atom. The van der Waals surface area contributed by atoms with E-state index in [-0.39, 0.29) is 29.8 Å². The lowest BCUT2D eigenvalue weighted by Gasteiger charge is -2.38. The van der Waals surface area contributed by atoms with E-state index < -0.39 is 0 Å². The maximum atomic E-state index is 12.7. The van der Waals surface area contributed by atoms with Gasteiger partial charge in [-0.05, 0) is 42.5 Å². The molecule has 1 saturated carbocycles. The van der Waals surface area contributed by atoms with Gasteiger partial charge in [0.2, 0.25) is 0 Å². The number of aliphatic hydroxyl groups is 1. The number of pyridine rings is 2. The largest absolute Gasteiger partial charge is 0.495 e. The Hall–Kier alpha value is -3.00. The first kappa shape index (κ1) is 16.5. The number of hydrogen-bond acceptors (Lipinski definition) is 6. The summed E-state index contributed by atoms with van der Waals surface area (Å²) in [6.07, 6.45) is 5.88. The summed E-state index contributed by atoms with van der Waals surface area (Å²) in [4.78, 5) is 28.3. The Labute approximate surface area is 149 Å². The number of aromatic nitrogens is 4. The lowest BCUT2D eigenvalue weighted by molar-refractivity contribution is 0.0233. The molecule has 3 heterocycles. The van der Waals surface area contributed by atoms with Crippen LogP contribution in [-0.2, 0) is 0 Å². The topological polar surface area (TPSA) is 113 Å². The molecule has 1 atom stereocenters. The number of hydrogen-bond donors (Lipinski definition) is 3. The molecule has 0 unspecified atom stereocenters. The van der Waals surface area contributed by atoms with E-state index in [4.69, 9.17) is 4.74 Å². The molecule has 1 amide bonds. The Morgan fingerprint density at radius 2 is 2.27 bits per heavy atom. The first-order valence-electron chi connectivity index (χ1n) is 8.42. The standard InChI is InChI=1S/C18H19N5O3/c1-26-13-7-11(8-19-9-13)15(10-5-12(24)6-10)22-18(25)17-21-14-3-2-4-20-16(14)23-17/h2-4,7-10,12,15,24H,5-6H2,1H3,(H,22,25)(H,20,21,23)/t10?,12?,15-/m0/s1. The van der Waals surface area contributed by atoms with Crippen molar-refractivity contribution in [3.8, 4) is 5.75 Å². The summed E-state index contributed by atoms with van der Waals surface area (Å²) in [6, 6.07) is 5.17. The van der Waals surface area contributed by atoms with Crippen molar-refractivity contribution < 1.29 is 14.6 Å². The molecule has 0 saturated heterocycles. The summed E-state index contributed by atoms with van der Waals surface area (Å²) in [5.41, 5.74) is 2.04. The zero-order valence-corrected chi connectivity index (χ0v) is 14.2. The Balaban J connectivity index is 1.60. The molecule has 3 N–H and O–H groups in total. The maximum Gasteiger partial charge on any atom is 0.287 e. The minimum atomic E-state index is -0.326. The van der Waals surface area contributed by atoms with E-state index in [0.717, 1.165) is 5.56 Å². The van der Waals surface area contributed by atoms with Crippen molar-refractivity contribution in [2.75, 3.05) is 7.11 Å². The second kappa shape index (κ2) is 6.72. The first-order valence-corrected chi connectivity index (χ1v) is 8.42. The predicted molar refractivity (Wildman–Crippen MR) is 93.6 cm³/mol. The quantitative estimate of drug-likeness (QED) is 0.642. The molecule has 4 rings (SSSR count). The lowest BCUT2D eigenvalue weighted by Crippen LogP contribution is -2.41. The highest BCUT2D eigenvalue weighted by molar-refractivity contribution is 5.93. The predicted octanol–water partition coefficient (Wildman–Crippen LogP) is 1.60. The monoisotopic (exact) mass is 353 g/mol. The van der Waals surface area contributed by atoms with Crippen LogP contribution in [0.25, 0.3) is 11.2 Å². The fourth-order valence-electron chi connectivity index (χ4n) is 3.25. The number of aliphatic hydroxyl groups excluding tert-OH is 1. The molecule has 1 aliphatic rings. The van der Waals surface area contributed by atoms with E-state index in [1.165, 1.54) is 0 Å². The number of nitrogens with zero attached hydrogens (tertiary/aromatic N) is 3. The van der Waals surface area contributed by atoms with Crippen molar-refractivity contribution in [1.29, 1.82) is 0 Å².